The highest BCUT2D eigenvalue weighted by Gasteiger charge is 2.41. The predicted octanol–water partition coefficient (Wildman–Crippen LogP) is 3.11. The van der Waals surface area contributed by atoms with Crippen molar-refractivity contribution >= 4 is 28.2 Å². The molecule has 0 radical (unpaired) electrons. The van der Waals surface area contributed by atoms with E-state index in [1.54, 1.807) is 17.8 Å². The first-order valence-electron chi connectivity index (χ1n) is 10.4. The number of hydrogen-bond acceptors (Lipinski definition) is 4. The van der Waals surface area contributed by atoms with Crippen molar-refractivity contribution in [3.05, 3.63) is 47.0 Å². The molecule has 30 heavy (non-hydrogen) atoms. The Hall–Kier alpha value is -3.06. The van der Waals surface area contributed by atoms with E-state index in [1.807, 2.05) is 24.4 Å². The Morgan fingerprint density at radius 2 is 1.93 bits per heavy atom. The minimum atomic E-state index is -0.106. The second-order valence-electron chi connectivity index (χ2n) is 8.62. The first-order chi connectivity index (χ1) is 14.5. The zero-order valence-electron chi connectivity index (χ0n) is 17.3. The Kier molecular flexibility index (Phi) is 4.43. The summed E-state index contributed by atoms with van der Waals surface area (Å²) in [5.41, 5.74) is 4.76. The van der Waals surface area contributed by atoms with Crippen LogP contribution in [0.15, 0.2) is 41.5 Å². The van der Waals surface area contributed by atoms with Gasteiger partial charge in [-0.25, -0.2) is 0 Å². The molecule has 2 N–H and O–H groups in total. The zero-order valence-corrected chi connectivity index (χ0v) is 17.3. The van der Waals surface area contributed by atoms with Gasteiger partial charge in [0.05, 0.1) is 13.2 Å². The third-order valence-corrected chi connectivity index (χ3v) is 6.48. The number of fused-ring (bicyclic) bond motifs is 1. The minimum absolute atomic E-state index is 0.0526. The Morgan fingerprint density at radius 1 is 1.17 bits per heavy atom. The Labute approximate surface area is 174 Å². The largest absolute Gasteiger partial charge is 0.380 e. The van der Waals surface area contributed by atoms with Crippen LogP contribution >= 0.6 is 0 Å². The van der Waals surface area contributed by atoms with Gasteiger partial charge >= 0.3 is 0 Å². The topological polar surface area (TPSA) is 79.4 Å². The molecule has 2 aromatic heterocycles. The Morgan fingerprint density at radius 3 is 2.60 bits per heavy atom. The van der Waals surface area contributed by atoms with E-state index in [2.05, 4.69) is 21.3 Å². The van der Waals surface area contributed by atoms with Crippen LogP contribution in [0.5, 0.6) is 0 Å². The Balaban J connectivity index is 1.62. The second-order valence-corrected chi connectivity index (χ2v) is 8.62. The molecule has 7 heteroatoms. The molecular formula is C23H26N4O3. The summed E-state index contributed by atoms with van der Waals surface area (Å²) in [7, 11) is 1.77. The number of aromatic amines is 1. The molecule has 4 heterocycles. The average Bonchev–Trinajstić information content (AvgIpc) is 3.19. The number of rotatable bonds is 3. The molecule has 0 bridgehead atoms. The first kappa shape index (κ1) is 18.9. The van der Waals surface area contributed by atoms with Crippen molar-refractivity contribution in [1.29, 1.82) is 0 Å². The molecular weight excluding hydrogens is 380 g/mol. The number of aryl methyl sites for hydroxylation is 1. The molecule has 0 atom stereocenters. The molecule has 7 nitrogen and oxygen atoms in total. The maximum atomic E-state index is 12.5. The summed E-state index contributed by atoms with van der Waals surface area (Å²) in [6, 6.07) is 7.99. The van der Waals surface area contributed by atoms with E-state index in [0.717, 1.165) is 67.0 Å². The molecule has 0 unspecified atom stereocenters. The molecule has 2 saturated heterocycles. The van der Waals surface area contributed by atoms with Crippen LogP contribution in [-0.4, -0.2) is 41.8 Å². The molecule has 0 saturated carbocycles. The summed E-state index contributed by atoms with van der Waals surface area (Å²) in [4.78, 5) is 29.7. The van der Waals surface area contributed by atoms with Crippen molar-refractivity contribution in [1.82, 2.24) is 9.55 Å². The highest BCUT2D eigenvalue weighted by Crippen LogP contribution is 2.42. The minimum Gasteiger partial charge on any atom is -0.380 e. The highest BCUT2D eigenvalue weighted by molar-refractivity contribution is 5.99. The van der Waals surface area contributed by atoms with E-state index < -0.39 is 0 Å². The lowest BCUT2D eigenvalue weighted by atomic mass is 9.76. The number of piperidine rings is 1. The van der Waals surface area contributed by atoms with Gasteiger partial charge in [0, 0.05) is 72.8 Å². The Bertz CT molecular complexity index is 1180. The number of aromatic nitrogens is 2. The number of benzene rings is 1. The zero-order chi connectivity index (χ0) is 20.9. The maximum absolute atomic E-state index is 12.5. The lowest BCUT2D eigenvalue weighted by Crippen LogP contribution is -2.51. The summed E-state index contributed by atoms with van der Waals surface area (Å²) >= 11 is 0. The van der Waals surface area contributed by atoms with Crippen molar-refractivity contribution in [3.63, 3.8) is 0 Å². The molecule has 5 rings (SSSR count). The number of carbonyl (C=O) groups excluding carboxylic acids is 1. The number of nitrogens with zero attached hydrogens (tertiary/aromatic N) is 2. The fourth-order valence-electron chi connectivity index (χ4n) is 4.69. The van der Waals surface area contributed by atoms with E-state index in [0.29, 0.717) is 10.9 Å². The molecule has 2 aliphatic rings. The molecule has 1 spiro atoms. The molecule has 1 amide bonds. The maximum Gasteiger partial charge on any atom is 0.274 e. The van der Waals surface area contributed by atoms with Crippen LogP contribution in [0, 0.1) is 5.41 Å². The van der Waals surface area contributed by atoms with E-state index in [9.17, 15) is 9.59 Å². The van der Waals surface area contributed by atoms with Gasteiger partial charge in [0.1, 0.15) is 5.52 Å². The fourth-order valence-corrected chi connectivity index (χ4v) is 4.69. The summed E-state index contributed by atoms with van der Waals surface area (Å²) < 4.78 is 7.08. The number of amides is 1. The standard InChI is InChI=1S/C23H26N4O3/c1-15(28)25-16-3-4-20(27-9-6-23(7-10-27)13-30-14-23)18(11-16)19-12-26(2)22(29)21-17(19)5-8-24-21/h3-5,8,11-12,24H,6-7,9-10,13-14H2,1-2H3,(H,25,28). The summed E-state index contributed by atoms with van der Waals surface area (Å²) in [5, 5.41) is 3.78. The van der Waals surface area contributed by atoms with Gasteiger partial charge in [0.25, 0.3) is 5.56 Å². The lowest BCUT2D eigenvalue weighted by molar-refractivity contribution is -0.124. The van der Waals surface area contributed by atoms with Gasteiger partial charge in [-0.05, 0) is 37.1 Å². The summed E-state index contributed by atoms with van der Waals surface area (Å²) in [5.74, 6) is -0.106. The SMILES string of the molecule is CC(=O)Nc1ccc(N2CCC3(CC2)COC3)c(-c2cn(C)c(=O)c3[nH]ccc23)c1. The van der Waals surface area contributed by atoms with Crippen LogP contribution in [-0.2, 0) is 16.6 Å². The highest BCUT2D eigenvalue weighted by atomic mass is 16.5. The van der Waals surface area contributed by atoms with Gasteiger partial charge in [-0.1, -0.05) is 0 Å². The normalized spacial score (nSPS) is 17.9. The molecule has 156 valence electrons. The smallest absolute Gasteiger partial charge is 0.274 e. The van der Waals surface area contributed by atoms with Crippen LogP contribution in [0.3, 0.4) is 0 Å². The van der Waals surface area contributed by atoms with Crippen molar-refractivity contribution in [2.24, 2.45) is 12.5 Å². The third-order valence-electron chi connectivity index (χ3n) is 6.48. The summed E-state index contributed by atoms with van der Waals surface area (Å²) in [6.07, 6.45) is 5.92. The van der Waals surface area contributed by atoms with Gasteiger partial charge in [-0.2, -0.15) is 0 Å². The number of nitrogens with one attached hydrogen (secondary N) is 2. The number of pyridine rings is 1. The average molecular weight is 406 g/mol. The third kappa shape index (κ3) is 3.10. The lowest BCUT2D eigenvalue weighted by Gasteiger charge is -2.48. The molecule has 2 fully saturated rings. The molecule has 3 aromatic rings. The number of anilines is 2. The number of carbonyl (C=O) groups is 1. The quantitative estimate of drug-likeness (QED) is 0.701. The van der Waals surface area contributed by atoms with Crippen LogP contribution in [0.2, 0.25) is 0 Å². The van der Waals surface area contributed by atoms with E-state index in [1.165, 1.54) is 6.92 Å². The van der Waals surface area contributed by atoms with E-state index in [-0.39, 0.29) is 11.5 Å². The van der Waals surface area contributed by atoms with Crippen LogP contribution in [0.4, 0.5) is 11.4 Å². The number of hydrogen-bond donors (Lipinski definition) is 2. The molecule has 2 aliphatic heterocycles. The predicted molar refractivity (Wildman–Crippen MR) is 118 cm³/mol. The van der Waals surface area contributed by atoms with Gasteiger partial charge in [-0.15, -0.1) is 0 Å². The molecule has 1 aromatic carbocycles. The van der Waals surface area contributed by atoms with Crippen molar-refractivity contribution in [2.75, 3.05) is 36.5 Å². The van der Waals surface area contributed by atoms with E-state index in [4.69, 9.17) is 4.74 Å². The van der Waals surface area contributed by atoms with Crippen LogP contribution < -0.4 is 15.8 Å². The van der Waals surface area contributed by atoms with Crippen LogP contribution in [0.1, 0.15) is 19.8 Å². The van der Waals surface area contributed by atoms with Crippen molar-refractivity contribution in [2.45, 2.75) is 19.8 Å². The van der Waals surface area contributed by atoms with Gasteiger partial charge in [0.15, 0.2) is 0 Å². The number of H-pyrrole nitrogens is 1. The van der Waals surface area contributed by atoms with E-state index >= 15 is 0 Å². The molecule has 0 aliphatic carbocycles. The van der Waals surface area contributed by atoms with Gasteiger partial charge < -0.3 is 24.5 Å². The van der Waals surface area contributed by atoms with Crippen molar-refractivity contribution in [3.8, 4) is 11.1 Å². The first-order valence-corrected chi connectivity index (χ1v) is 10.4. The van der Waals surface area contributed by atoms with Gasteiger partial charge in [0.2, 0.25) is 5.91 Å². The number of ether oxygens (including phenoxy) is 1. The second kappa shape index (κ2) is 7.02. The van der Waals surface area contributed by atoms with Gasteiger partial charge in [-0.3, -0.25) is 9.59 Å². The fraction of sp³-hybridized carbons (Fsp3) is 0.391. The van der Waals surface area contributed by atoms with Crippen LogP contribution in [0.25, 0.3) is 22.0 Å². The monoisotopic (exact) mass is 406 g/mol. The van der Waals surface area contributed by atoms with Crippen molar-refractivity contribution < 1.29 is 9.53 Å². The summed E-state index contributed by atoms with van der Waals surface area (Å²) in [6.45, 7) is 5.20.